The number of aryl methyl sites for hydroxylation is 3. The minimum atomic E-state index is -0.418. The number of aromatic nitrogens is 3. The van der Waals surface area contributed by atoms with E-state index in [-0.39, 0.29) is 11.9 Å². The van der Waals surface area contributed by atoms with E-state index in [1.165, 1.54) is 11.8 Å². The lowest BCUT2D eigenvalue weighted by atomic mass is 10.0. The highest BCUT2D eigenvalue weighted by atomic mass is 35.5. The Balaban J connectivity index is 1.67. The summed E-state index contributed by atoms with van der Waals surface area (Å²) in [6, 6.07) is 13.3. The molecule has 2 N–H and O–H groups in total. The molecular weight excluding hydrogens is 394 g/mol. The van der Waals surface area contributed by atoms with Gasteiger partial charge in [-0.2, -0.15) is 0 Å². The van der Waals surface area contributed by atoms with Gasteiger partial charge in [0.15, 0.2) is 0 Å². The minimum absolute atomic E-state index is 0.0886. The maximum Gasteiger partial charge on any atom is 0.240 e. The third-order valence-electron chi connectivity index (χ3n) is 4.58. The van der Waals surface area contributed by atoms with Crippen LogP contribution in [-0.4, -0.2) is 26.0 Å². The molecule has 28 heavy (non-hydrogen) atoms. The molecule has 2 aromatic carbocycles. The number of hydrogen-bond acceptors (Lipinski definition) is 5. The minimum Gasteiger partial charge on any atom is -0.325 e. The maximum absolute atomic E-state index is 13.2. The summed E-state index contributed by atoms with van der Waals surface area (Å²) in [5, 5.41) is 12.3. The van der Waals surface area contributed by atoms with Crippen LogP contribution in [0.1, 0.15) is 28.6 Å². The van der Waals surface area contributed by atoms with E-state index in [1.54, 1.807) is 0 Å². The Labute approximate surface area is 172 Å². The molecule has 4 rings (SSSR count). The quantitative estimate of drug-likeness (QED) is 0.671. The summed E-state index contributed by atoms with van der Waals surface area (Å²) in [6.45, 7) is 5.90. The van der Waals surface area contributed by atoms with Gasteiger partial charge in [0, 0.05) is 10.7 Å². The predicted molar refractivity (Wildman–Crippen MR) is 113 cm³/mol. The van der Waals surface area contributed by atoms with Gasteiger partial charge < -0.3 is 10.7 Å². The highest BCUT2D eigenvalue weighted by molar-refractivity contribution is 8.00. The van der Waals surface area contributed by atoms with Gasteiger partial charge in [-0.25, -0.2) is 4.68 Å². The van der Waals surface area contributed by atoms with Crippen LogP contribution in [0.3, 0.4) is 0 Å². The summed E-state index contributed by atoms with van der Waals surface area (Å²) in [6.07, 6.45) is 0. The molecule has 1 aromatic heterocycles. The van der Waals surface area contributed by atoms with Crippen molar-refractivity contribution < 1.29 is 4.79 Å². The zero-order valence-corrected chi connectivity index (χ0v) is 17.3. The lowest BCUT2D eigenvalue weighted by Gasteiger charge is -2.32. The fraction of sp³-hybridized carbons (Fsp3) is 0.250. The van der Waals surface area contributed by atoms with Crippen LogP contribution in [0.15, 0.2) is 47.6 Å². The molecular formula is C20H20ClN5OS. The van der Waals surface area contributed by atoms with E-state index < -0.39 is 5.25 Å². The van der Waals surface area contributed by atoms with Crippen molar-refractivity contribution in [3.8, 4) is 0 Å². The van der Waals surface area contributed by atoms with Gasteiger partial charge in [-0.3, -0.25) is 4.79 Å². The largest absolute Gasteiger partial charge is 0.325 e. The number of amides is 1. The Morgan fingerprint density at radius 3 is 2.46 bits per heavy atom. The Hall–Kier alpha value is -2.51. The van der Waals surface area contributed by atoms with Crippen molar-refractivity contribution in [2.45, 2.75) is 37.2 Å². The number of anilines is 1. The van der Waals surface area contributed by atoms with E-state index >= 15 is 0 Å². The van der Waals surface area contributed by atoms with Crippen LogP contribution in [0, 0.1) is 20.8 Å². The molecule has 6 nitrogen and oxygen atoms in total. The Kier molecular flexibility index (Phi) is 5.03. The highest BCUT2D eigenvalue weighted by Crippen LogP contribution is 2.37. The van der Waals surface area contributed by atoms with Crippen LogP contribution in [-0.2, 0) is 4.79 Å². The molecule has 0 spiro atoms. The lowest BCUT2D eigenvalue weighted by molar-refractivity contribution is -0.116. The van der Waals surface area contributed by atoms with Gasteiger partial charge in [0.05, 0.1) is 6.04 Å². The Bertz CT molecular complexity index is 1010. The number of rotatable bonds is 3. The number of halogens is 1. The normalized spacial score (nSPS) is 18.3. The fourth-order valence-electron chi connectivity index (χ4n) is 3.34. The molecule has 0 fully saturated rings. The average Bonchev–Trinajstić information content (AvgIpc) is 3.01. The van der Waals surface area contributed by atoms with Crippen LogP contribution >= 0.6 is 23.4 Å². The molecule has 3 aromatic rings. The van der Waals surface area contributed by atoms with Gasteiger partial charge in [0.2, 0.25) is 11.1 Å². The van der Waals surface area contributed by atoms with Gasteiger partial charge in [0.25, 0.3) is 0 Å². The van der Waals surface area contributed by atoms with E-state index in [4.69, 9.17) is 11.6 Å². The van der Waals surface area contributed by atoms with E-state index in [1.807, 2.05) is 61.8 Å². The topological polar surface area (TPSA) is 71.8 Å². The molecule has 0 aliphatic carbocycles. The molecule has 0 saturated heterocycles. The zero-order chi connectivity index (χ0) is 19.8. The van der Waals surface area contributed by atoms with Crippen molar-refractivity contribution in [3.63, 3.8) is 0 Å². The number of fused-ring (bicyclic) bond motifs is 1. The first kappa shape index (κ1) is 18.8. The number of nitrogens with zero attached hydrogens (tertiary/aromatic N) is 3. The molecule has 8 heteroatoms. The number of nitrogens with one attached hydrogen (secondary N) is 2. The monoisotopic (exact) mass is 413 g/mol. The molecule has 1 amide bonds. The van der Waals surface area contributed by atoms with E-state index in [9.17, 15) is 4.79 Å². The third kappa shape index (κ3) is 3.72. The number of benzene rings is 2. The second-order valence-electron chi connectivity index (χ2n) is 6.93. The van der Waals surface area contributed by atoms with Crippen LogP contribution in [0.5, 0.6) is 0 Å². The second kappa shape index (κ2) is 7.48. The molecule has 1 aliphatic heterocycles. The number of carbonyl (C=O) groups is 1. The summed E-state index contributed by atoms with van der Waals surface area (Å²) < 4.78 is 1.82. The van der Waals surface area contributed by atoms with Crippen LogP contribution in [0.4, 0.5) is 5.69 Å². The van der Waals surface area contributed by atoms with Gasteiger partial charge in [0.1, 0.15) is 11.1 Å². The smallest absolute Gasteiger partial charge is 0.240 e. The van der Waals surface area contributed by atoms with Gasteiger partial charge >= 0.3 is 0 Å². The Morgan fingerprint density at radius 1 is 1.11 bits per heavy atom. The van der Waals surface area contributed by atoms with Crippen molar-refractivity contribution in [3.05, 3.63) is 70.0 Å². The van der Waals surface area contributed by atoms with Crippen LogP contribution in [0.2, 0.25) is 5.02 Å². The molecule has 1 aliphatic rings. The zero-order valence-electron chi connectivity index (χ0n) is 15.7. The molecule has 0 radical (unpaired) electrons. The molecule has 144 valence electrons. The second-order valence-corrected chi connectivity index (χ2v) is 8.47. The molecule has 0 bridgehead atoms. The Morgan fingerprint density at radius 2 is 1.79 bits per heavy atom. The van der Waals surface area contributed by atoms with E-state index in [2.05, 4.69) is 27.0 Å². The van der Waals surface area contributed by atoms with Crippen molar-refractivity contribution in [1.82, 2.24) is 14.9 Å². The fourth-order valence-corrected chi connectivity index (χ4v) is 4.59. The summed E-state index contributed by atoms with van der Waals surface area (Å²) in [4.78, 5) is 13.2. The number of carbonyl (C=O) groups excluding carboxylic acids is 1. The molecule has 0 unspecified atom stereocenters. The standard InChI is InChI=1S/C20H20ClN5OS/c1-11-8-12(2)10-16(9-11)22-19(27)18-17(14-4-6-15(21)7-5-14)25-26-13(3)23-24-20(26)28-18/h4-10,17-18,25H,1-3H3,(H,22,27)/t17-,18-/m1/s1. The third-order valence-corrected chi connectivity index (χ3v) is 6.04. The van der Waals surface area contributed by atoms with Crippen molar-refractivity contribution in [2.75, 3.05) is 10.7 Å². The van der Waals surface area contributed by atoms with Crippen molar-refractivity contribution in [2.24, 2.45) is 0 Å². The SMILES string of the molecule is Cc1cc(C)cc(NC(=O)[C@@H]2Sc3nnc(C)n3N[C@@H]2c2ccc(Cl)cc2)c1. The van der Waals surface area contributed by atoms with Crippen LogP contribution < -0.4 is 10.7 Å². The first-order chi connectivity index (χ1) is 13.4. The molecule has 0 saturated carbocycles. The average molecular weight is 414 g/mol. The van der Waals surface area contributed by atoms with Crippen molar-refractivity contribution in [1.29, 1.82) is 0 Å². The summed E-state index contributed by atoms with van der Waals surface area (Å²) in [5.41, 5.74) is 7.36. The van der Waals surface area contributed by atoms with Gasteiger partial charge in [-0.05, 0) is 61.7 Å². The molecule has 2 heterocycles. The lowest BCUT2D eigenvalue weighted by Crippen LogP contribution is -2.41. The summed E-state index contributed by atoms with van der Waals surface area (Å²) in [7, 11) is 0. The van der Waals surface area contributed by atoms with Gasteiger partial charge in [-0.1, -0.05) is 41.6 Å². The highest BCUT2D eigenvalue weighted by Gasteiger charge is 2.37. The first-order valence-corrected chi connectivity index (χ1v) is 10.2. The first-order valence-electron chi connectivity index (χ1n) is 8.90. The molecule has 2 atom stereocenters. The summed E-state index contributed by atoms with van der Waals surface area (Å²) >= 11 is 7.45. The summed E-state index contributed by atoms with van der Waals surface area (Å²) in [5.74, 6) is 0.656. The van der Waals surface area contributed by atoms with Gasteiger partial charge in [-0.15, -0.1) is 10.2 Å². The van der Waals surface area contributed by atoms with Crippen LogP contribution in [0.25, 0.3) is 0 Å². The van der Waals surface area contributed by atoms with Crippen molar-refractivity contribution >= 4 is 35.0 Å². The number of thioether (sulfide) groups is 1. The van der Waals surface area contributed by atoms with E-state index in [0.717, 1.165) is 28.2 Å². The predicted octanol–water partition coefficient (Wildman–Crippen LogP) is 4.25. The van der Waals surface area contributed by atoms with E-state index in [0.29, 0.717) is 10.2 Å². The maximum atomic E-state index is 13.2. The number of hydrogen-bond donors (Lipinski definition) is 2.